The fourth-order valence-corrected chi connectivity index (χ4v) is 1.67. The Bertz CT molecular complexity index is 540. The maximum absolute atomic E-state index is 11.5. The molecule has 0 amide bonds. The Labute approximate surface area is 98.0 Å². The highest BCUT2D eigenvalue weighted by atomic mass is 35.5. The zero-order valence-corrected chi connectivity index (χ0v) is 9.49. The summed E-state index contributed by atoms with van der Waals surface area (Å²) >= 11 is 5.99. The van der Waals surface area contributed by atoms with Crippen LogP contribution in [0, 0.1) is 0 Å². The molecule has 0 radical (unpaired) electrons. The van der Waals surface area contributed by atoms with Gasteiger partial charge in [0.25, 0.3) is 0 Å². The van der Waals surface area contributed by atoms with Gasteiger partial charge >= 0.3 is 5.97 Å². The van der Waals surface area contributed by atoms with Crippen molar-refractivity contribution in [1.29, 1.82) is 0 Å². The molecule has 0 bridgehead atoms. The molecule has 0 aliphatic carbocycles. The lowest BCUT2D eigenvalue weighted by atomic mass is 10.2. The summed E-state index contributed by atoms with van der Waals surface area (Å²) in [6.45, 7) is 2.10. The highest BCUT2D eigenvalue weighted by Crippen LogP contribution is 2.21. The summed E-state index contributed by atoms with van der Waals surface area (Å²) < 4.78 is 4.87. The van der Waals surface area contributed by atoms with Crippen molar-refractivity contribution < 1.29 is 9.53 Å². The number of esters is 1. The van der Waals surface area contributed by atoms with Gasteiger partial charge in [-0.25, -0.2) is 9.78 Å². The zero-order chi connectivity index (χ0) is 11.5. The fraction of sp³-hybridized carbons (Fsp3) is 0.167. The van der Waals surface area contributed by atoms with E-state index in [0.29, 0.717) is 22.8 Å². The van der Waals surface area contributed by atoms with Crippen LogP contribution in [0.1, 0.15) is 17.4 Å². The molecule has 0 unspecified atom stereocenters. The van der Waals surface area contributed by atoms with Gasteiger partial charge in [0.2, 0.25) is 0 Å². The quantitative estimate of drug-likeness (QED) is 0.751. The monoisotopic (exact) mass is 235 g/mol. The lowest BCUT2D eigenvalue weighted by molar-refractivity contribution is 0.0520. The minimum atomic E-state index is -0.413. The minimum absolute atomic E-state index is 0.302. The first-order chi connectivity index (χ1) is 7.72. The van der Waals surface area contributed by atoms with Crippen molar-refractivity contribution in [1.82, 2.24) is 4.98 Å². The zero-order valence-electron chi connectivity index (χ0n) is 8.74. The number of rotatable bonds is 2. The van der Waals surface area contributed by atoms with Gasteiger partial charge in [0.05, 0.1) is 12.1 Å². The Balaban J connectivity index is 2.48. The standard InChI is InChI=1S/C12H10ClNO2/c1-2-16-12(15)11-7-6-8-9(13)4-3-5-10(8)14-11/h3-7H,2H2,1H3. The van der Waals surface area contributed by atoms with Crippen LogP contribution in [-0.2, 0) is 4.74 Å². The number of aromatic nitrogens is 1. The minimum Gasteiger partial charge on any atom is -0.461 e. The number of hydrogen-bond acceptors (Lipinski definition) is 3. The molecule has 3 nitrogen and oxygen atoms in total. The number of hydrogen-bond donors (Lipinski definition) is 0. The smallest absolute Gasteiger partial charge is 0.356 e. The molecule has 1 aromatic heterocycles. The normalized spacial score (nSPS) is 10.4. The fourth-order valence-electron chi connectivity index (χ4n) is 1.44. The lowest BCUT2D eigenvalue weighted by Gasteiger charge is -2.03. The Morgan fingerprint density at radius 3 is 2.94 bits per heavy atom. The maximum atomic E-state index is 11.5. The van der Waals surface area contributed by atoms with Crippen LogP contribution in [-0.4, -0.2) is 17.6 Å². The number of carbonyl (C=O) groups is 1. The third-order valence-corrected chi connectivity index (χ3v) is 2.49. The summed E-state index contributed by atoms with van der Waals surface area (Å²) in [6.07, 6.45) is 0. The molecule has 2 aromatic rings. The second-order valence-electron chi connectivity index (χ2n) is 3.22. The number of nitrogens with zero attached hydrogens (tertiary/aromatic N) is 1. The van der Waals surface area contributed by atoms with Crippen LogP contribution in [0.15, 0.2) is 30.3 Å². The number of benzene rings is 1. The Morgan fingerprint density at radius 1 is 1.38 bits per heavy atom. The van der Waals surface area contributed by atoms with E-state index in [-0.39, 0.29) is 0 Å². The van der Waals surface area contributed by atoms with Crippen molar-refractivity contribution in [3.8, 4) is 0 Å². The van der Waals surface area contributed by atoms with Crippen molar-refractivity contribution in [2.45, 2.75) is 6.92 Å². The molecule has 2 rings (SSSR count). The van der Waals surface area contributed by atoms with E-state index in [1.807, 2.05) is 6.07 Å². The molecular formula is C12H10ClNO2. The number of pyridine rings is 1. The van der Waals surface area contributed by atoms with Gasteiger partial charge in [-0.3, -0.25) is 0 Å². The molecule has 0 saturated heterocycles. The second-order valence-corrected chi connectivity index (χ2v) is 3.63. The van der Waals surface area contributed by atoms with Crippen LogP contribution < -0.4 is 0 Å². The first-order valence-corrected chi connectivity index (χ1v) is 5.32. The van der Waals surface area contributed by atoms with Gasteiger partial charge in [0.15, 0.2) is 0 Å². The summed E-state index contributed by atoms with van der Waals surface area (Å²) in [5.74, 6) is -0.413. The van der Waals surface area contributed by atoms with Gasteiger partial charge in [-0.2, -0.15) is 0 Å². The number of carbonyl (C=O) groups excluding carboxylic acids is 1. The predicted molar refractivity (Wildman–Crippen MR) is 62.7 cm³/mol. The van der Waals surface area contributed by atoms with E-state index in [0.717, 1.165) is 5.39 Å². The van der Waals surface area contributed by atoms with Crippen molar-refractivity contribution in [3.05, 3.63) is 41.0 Å². The van der Waals surface area contributed by atoms with E-state index >= 15 is 0 Å². The molecule has 0 aliphatic rings. The van der Waals surface area contributed by atoms with E-state index in [2.05, 4.69) is 4.98 Å². The molecule has 0 fully saturated rings. The molecule has 1 aromatic carbocycles. The highest BCUT2D eigenvalue weighted by Gasteiger charge is 2.09. The summed E-state index contributed by atoms with van der Waals surface area (Å²) in [7, 11) is 0. The molecular weight excluding hydrogens is 226 g/mol. The third-order valence-electron chi connectivity index (χ3n) is 2.16. The number of ether oxygens (including phenoxy) is 1. The van der Waals surface area contributed by atoms with Gasteiger partial charge in [-0.1, -0.05) is 17.7 Å². The van der Waals surface area contributed by atoms with E-state index in [1.165, 1.54) is 0 Å². The number of fused-ring (bicyclic) bond motifs is 1. The van der Waals surface area contributed by atoms with Crippen LogP contribution in [0.4, 0.5) is 0 Å². The van der Waals surface area contributed by atoms with Crippen LogP contribution >= 0.6 is 11.6 Å². The Kier molecular flexibility index (Phi) is 3.06. The van der Waals surface area contributed by atoms with Gasteiger partial charge < -0.3 is 4.74 Å². The first kappa shape index (κ1) is 10.9. The predicted octanol–water partition coefficient (Wildman–Crippen LogP) is 3.06. The van der Waals surface area contributed by atoms with Crippen molar-refractivity contribution in [2.75, 3.05) is 6.61 Å². The van der Waals surface area contributed by atoms with Crippen LogP contribution in [0.3, 0.4) is 0 Å². The molecule has 0 spiro atoms. The molecule has 0 saturated carbocycles. The summed E-state index contributed by atoms with van der Waals surface area (Å²) in [4.78, 5) is 15.7. The van der Waals surface area contributed by atoms with Gasteiger partial charge in [-0.05, 0) is 31.2 Å². The lowest BCUT2D eigenvalue weighted by Crippen LogP contribution is -2.06. The molecule has 0 atom stereocenters. The Hall–Kier alpha value is -1.61. The Morgan fingerprint density at radius 2 is 2.19 bits per heavy atom. The van der Waals surface area contributed by atoms with E-state index in [1.54, 1.807) is 31.2 Å². The van der Waals surface area contributed by atoms with Crippen LogP contribution in [0.2, 0.25) is 5.02 Å². The first-order valence-electron chi connectivity index (χ1n) is 4.94. The van der Waals surface area contributed by atoms with E-state index in [9.17, 15) is 4.79 Å². The summed E-state index contributed by atoms with van der Waals surface area (Å²) in [5.41, 5.74) is 0.995. The highest BCUT2D eigenvalue weighted by molar-refractivity contribution is 6.35. The van der Waals surface area contributed by atoms with Crippen LogP contribution in [0.25, 0.3) is 10.9 Å². The van der Waals surface area contributed by atoms with Gasteiger partial charge in [0.1, 0.15) is 5.69 Å². The van der Waals surface area contributed by atoms with Gasteiger partial charge in [-0.15, -0.1) is 0 Å². The molecule has 82 valence electrons. The van der Waals surface area contributed by atoms with Crippen molar-refractivity contribution in [3.63, 3.8) is 0 Å². The molecule has 1 heterocycles. The summed E-state index contributed by atoms with van der Waals surface area (Å²) in [5, 5.41) is 1.46. The van der Waals surface area contributed by atoms with Crippen LogP contribution in [0.5, 0.6) is 0 Å². The van der Waals surface area contributed by atoms with E-state index < -0.39 is 5.97 Å². The van der Waals surface area contributed by atoms with Gasteiger partial charge in [0, 0.05) is 10.4 Å². The average Bonchev–Trinajstić information content (AvgIpc) is 2.29. The third kappa shape index (κ3) is 1.99. The molecule has 0 N–H and O–H groups in total. The topological polar surface area (TPSA) is 39.2 Å². The second kappa shape index (κ2) is 4.49. The molecule has 0 aliphatic heterocycles. The van der Waals surface area contributed by atoms with Crippen molar-refractivity contribution in [2.24, 2.45) is 0 Å². The average molecular weight is 236 g/mol. The maximum Gasteiger partial charge on any atom is 0.356 e. The van der Waals surface area contributed by atoms with E-state index in [4.69, 9.17) is 16.3 Å². The largest absolute Gasteiger partial charge is 0.461 e. The number of halogens is 1. The summed E-state index contributed by atoms with van der Waals surface area (Å²) in [6, 6.07) is 8.79. The molecule has 16 heavy (non-hydrogen) atoms. The SMILES string of the molecule is CCOC(=O)c1ccc2c(Cl)cccc2n1. The molecule has 4 heteroatoms. The van der Waals surface area contributed by atoms with Crippen molar-refractivity contribution >= 4 is 28.5 Å².